The SMILES string of the molecule is CCNCc1sc(CC(F)(F)F)nc1C(C)(C)C. The zero-order valence-corrected chi connectivity index (χ0v) is 11.9. The van der Waals surface area contributed by atoms with Gasteiger partial charge in [-0.25, -0.2) is 4.98 Å². The molecule has 0 fully saturated rings. The van der Waals surface area contributed by atoms with E-state index in [2.05, 4.69) is 10.3 Å². The first-order valence-electron chi connectivity index (χ1n) is 5.90. The molecule has 1 rings (SSSR count). The van der Waals surface area contributed by atoms with Crippen molar-refractivity contribution in [3.05, 3.63) is 15.6 Å². The van der Waals surface area contributed by atoms with Gasteiger partial charge in [0.15, 0.2) is 0 Å². The monoisotopic (exact) mass is 280 g/mol. The lowest BCUT2D eigenvalue weighted by Gasteiger charge is -2.17. The van der Waals surface area contributed by atoms with Gasteiger partial charge in [-0.1, -0.05) is 27.7 Å². The second-order valence-electron chi connectivity index (χ2n) is 5.20. The number of nitrogens with zero attached hydrogens (tertiary/aromatic N) is 1. The Morgan fingerprint density at radius 3 is 2.28 bits per heavy atom. The minimum absolute atomic E-state index is 0.153. The standard InChI is InChI=1S/C12H19F3N2S/c1-5-16-7-8-10(11(2,3)4)17-9(18-8)6-12(13,14)15/h16H,5-7H2,1-4H3. The Morgan fingerprint density at radius 2 is 1.83 bits per heavy atom. The van der Waals surface area contributed by atoms with Crippen LogP contribution in [0.1, 0.15) is 43.3 Å². The summed E-state index contributed by atoms with van der Waals surface area (Å²) in [5, 5.41) is 3.30. The van der Waals surface area contributed by atoms with Crippen LogP contribution in [0.2, 0.25) is 0 Å². The summed E-state index contributed by atoms with van der Waals surface area (Å²) in [6, 6.07) is 0. The quantitative estimate of drug-likeness (QED) is 0.910. The Balaban J connectivity index is 3.00. The average molecular weight is 280 g/mol. The lowest BCUT2D eigenvalue weighted by molar-refractivity contribution is -0.127. The van der Waals surface area contributed by atoms with Crippen LogP contribution in [0, 0.1) is 0 Å². The summed E-state index contributed by atoms with van der Waals surface area (Å²) in [7, 11) is 0. The third-order valence-electron chi connectivity index (χ3n) is 2.34. The first-order chi connectivity index (χ1) is 8.13. The number of hydrogen-bond donors (Lipinski definition) is 1. The van der Waals surface area contributed by atoms with Crippen molar-refractivity contribution < 1.29 is 13.2 Å². The van der Waals surface area contributed by atoms with Crippen LogP contribution >= 0.6 is 11.3 Å². The molecule has 0 unspecified atom stereocenters. The molecular formula is C12H19F3N2S. The molecule has 0 aliphatic heterocycles. The van der Waals surface area contributed by atoms with Crippen LogP contribution in [-0.4, -0.2) is 17.7 Å². The minimum atomic E-state index is -4.19. The Morgan fingerprint density at radius 1 is 1.22 bits per heavy atom. The van der Waals surface area contributed by atoms with Gasteiger partial charge in [-0.05, 0) is 6.54 Å². The highest BCUT2D eigenvalue weighted by Crippen LogP contribution is 2.32. The normalized spacial score (nSPS) is 13.1. The van der Waals surface area contributed by atoms with E-state index in [-0.39, 0.29) is 10.4 Å². The van der Waals surface area contributed by atoms with Gasteiger partial charge in [0.1, 0.15) is 5.01 Å². The van der Waals surface area contributed by atoms with E-state index in [0.717, 1.165) is 28.5 Å². The van der Waals surface area contributed by atoms with E-state index in [1.54, 1.807) is 0 Å². The third-order valence-corrected chi connectivity index (χ3v) is 3.39. The van der Waals surface area contributed by atoms with E-state index >= 15 is 0 Å². The molecular weight excluding hydrogens is 261 g/mol. The Bertz CT molecular complexity index is 391. The average Bonchev–Trinajstić information content (AvgIpc) is 2.54. The van der Waals surface area contributed by atoms with Gasteiger partial charge < -0.3 is 5.32 Å². The van der Waals surface area contributed by atoms with Crippen molar-refractivity contribution in [3.63, 3.8) is 0 Å². The molecule has 0 amide bonds. The van der Waals surface area contributed by atoms with Gasteiger partial charge in [-0.15, -0.1) is 11.3 Å². The van der Waals surface area contributed by atoms with Crippen molar-refractivity contribution in [3.8, 4) is 0 Å². The number of alkyl halides is 3. The molecule has 0 aliphatic carbocycles. The molecule has 1 aromatic rings. The summed E-state index contributed by atoms with van der Waals surface area (Å²) in [5.41, 5.74) is 0.540. The van der Waals surface area contributed by atoms with Gasteiger partial charge in [0.05, 0.1) is 12.1 Å². The second-order valence-corrected chi connectivity index (χ2v) is 6.37. The first-order valence-corrected chi connectivity index (χ1v) is 6.71. The number of nitrogens with one attached hydrogen (secondary N) is 1. The van der Waals surface area contributed by atoms with Crippen LogP contribution in [-0.2, 0) is 18.4 Å². The largest absolute Gasteiger partial charge is 0.395 e. The number of rotatable bonds is 4. The van der Waals surface area contributed by atoms with E-state index in [9.17, 15) is 13.2 Å². The summed E-state index contributed by atoms with van der Waals surface area (Å²) in [6.45, 7) is 9.24. The number of hydrogen-bond acceptors (Lipinski definition) is 3. The predicted octanol–water partition coefficient (Wildman–Crippen LogP) is 3.65. The lowest BCUT2D eigenvalue weighted by atomic mass is 9.91. The lowest BCUT2D eigenvalue weighted by Crippen LogP contribution is -2.18. The van der Waals surface area contributed by atoms with Crippen LogP contribution in [0.25, 0.3) is 0 Å². The predicted molar refractivity (Wildman–Crippen MR) is 68.0 cm³/mol. The van der Waals surface area contributed by atoms with E-state index < -0.39 is 12.6 Å². The molecule has 1 aromatic heterocycles. The van der Waals surface area contributed by atoms with Gasteiger partial charge in [0, 0.05) is 16.8 Å². The van der Waals surface area contributed by atoms with Crippen molar-refractivity contribution in [1.29, 1.82) is 0 Å². The summed E-state index contributed by atoms with van der Waals surface area (Å²) >= 11 is 1.16. The summed E-state index contributed by atoms with van der Waals surface area (Å²) in [4.78, 5) is 5.08. The molecule has 0 spiro atoms. The van der Waals surface area contributed by atoms with Crippen molar-refractivity contribution in [2.45, 2.75) is 52.3 Å². The molecule has 1 heterocycles. The minimum Gasteiger partial charge on any atom is -0.312 e. The smallest absolute Gasteiger partial charge is 0.312 e. The molecule has 6 heteroatoms. The maximum atomic E-state index is 12.4. The van der Waals surface area contributed by atoms with Crippen molar-refractivity contribution in [1.82, 2.24) is 10.3 Å². The fourth-order valence-electron chi connectivity index (χ4n) is 1.59. The molecule has 18 heavy (non-hydrogen) atoms. The zero-order chi connectivity index (χ0) is 14.0. The first kappa shape index (κ1) is 15.4. The highest BCUT2D eigenvalue weighted by atomic mass is 32.1. The van der Waals surface area contributed by atoms with Crippen LogP contribution < -0.4 is 5.32 Å². The molecule has 0 aliphatic rings. The molecule has 0 saturated carbocycles. The highest BCUT2D eigenvalue weighted by molar-refractivity contribution is 7.11. The summed E-state index contributed by atoms with van der Waals surface area (Å²) < 4.78 is 37.1. The molecule has 104 valence electrons. The van der Waals surface area contributed by atoms with Crippen LogP contribution in [0.15, 0.2) is 0 Å². The Kier molecular flexibility index (Phi) is 4.78. The fourth-order valence-corrected chi connectivity index (χ4v) is 2.87. The van der Waals surface area contributed by atoms with Crippen molar-refractivity contribution in [2.75, 3.05) is 6.54 Å². The van der Waals surface area contributed by atoms with Gasteiger partial charge >= 0.3 is 6.18 Å². The summed E-state index contributed by atoms with van der Waals surface area (Å²) in [5.74, 6) is 0. The van der Waals surface area contributed by atoms with Crippen molar-refractivity contribution >= 4 is 11.3 Å². The van der Waals surface area contributed by atoms with Gasteiger partial charge in [-0.2, -0.15) is 13.2 Å². The second kappa shape index (κ2) is 5.57. The van der Waals surface area contributed by atoms with Gasteiger partial charge in [0.2, 0.25) is 0 Å². The maximum absolute atomic E-state index is 12.4. The molecule has 1 N–H and O–H groups in total. The van der Waals surface area contributed by atoms with Gasteiger partial charge in [-0.3, -0.25) is 0 Å². The molecule has 0 atom stereocenters. The molecule has 0 radical (unpaired) electrons. The van der Waals surface area contributed by atoms with Crippen LogP contribution in [0.5, 0.6) is 0 Å². The Hall–Kier alpha value is -0.620. The van der Waals surface area contributed by atoms with Crippen LogP contribution in [0.4, 0.5) is 13.2 Å². The summed E-state index contributed by atoms with van der Waals surface area (Å²) in [6.07, 6.45) is -5.13. The fraction of sp³-hybridized carbons (Fsp3) is 0.750. The van der Waals surface area contributed by atoms with E-state index in [1.165, 1.54) is 0 Å². The highest BCUT2D eigenvalue weighted by Gasteiger charge is 2.31. The van der Waals surface area contributed by atoms with E-state index in [0.29, 0.717) is 6.54 Å². The molecule has 2 nitrogen and oxygen atoms in total. The number of aromatic nitrogens is 1. The number of halogens is 3. The maximum Gasteiger partial charge on any atom is 0.395 e. The van der Waals surface area contributed by atoms with Crippen molar-refractivity contribution in [2.24, 2.45) is 0 Å². The van der Waals surface area contributed by atoms with E-state index in [4.69, 9.17) is 0 Å². The van der Waals surface area contributed by atoms with Crippen LogP contribution in [0.3, 0.4) is 0 Å². The molecule has 0 bridgehead atoms. The molecule has 0 aromatic carbocycles. The van der Waals surface area contributed by atoms with E-state index in [1.807, 2.05) is 27.7 Å². The number of thiazole rings is 1. The Labute approximate surface area is 110 Å². The zero-order valence-electron chi connectivity index (χ0n) is 11.1. The molecule has 0 saturated heterocycles. The van der Waals surface area contributed by atoms with Gasteiger partial charge in [0.25, 0.3) is 0 Å². The third kappa shape index (κ3) is 4.57. The topological polar surface area (TPSA) is 24.9 Å².